The number of fused-ring (bicyclic) bond motifs is 1. The van der Waals surface area contributed by atoms with Crippen molar-refractivity contribution in [3.05, 3.63) is 29.3 Å². The van der Waals surface area contributed by atoms with E-state index in [2.05, 4.69) is 0 Å². The lowest BCUT2D eigenvalue weighted by atomic mass is 9.89. The number of ketones is 1. The Hall–Kier alpha value is -1.38. The van der Waals surface area contributed by atoms with Gasteiger partial charge in [-0.2, -0.15) is 0 Å². The zero-order valence-electron chi connectivity index (χ0n) is 6.96. The van der Waals surface area contributed by atoms with Gasteiger partial charge < -0.3 is 5.11 Å². The summed E-state index contributed by atoms with van der Waals surface area (Å²) in [7, 11) is 0. The molecule has 2 rings (SSSR count). The Morgan fingerprint density at radius 3 is 3.00 bits per heavy atom. The summed E-state index contributed by atoms with van der Waals surface area (Å²) < 4.78 is 13.0. The van der Waals surface area contributed by atoms with E-state index in [0.29, 0.717) is 17.5 Å². The Morgan fingerprint density at radius 1 is 1.46 bits per heavy atom. The minimum absolute atomic E-state index is 0.0951. The number of phenolic OH excluding ortho intramolecular Hbond substituents is 1. The van der Waals surface area contributed by atoms with Crippen LogP contribution in [0.15, 0.2) is 18.2 Å². The van der Waals surface area contributed by atoms with Crippen molar-refractivity contribution in [3.8, 4) is 5.75 Å². The number of alkyl halides is 1. The van der Waals surface area contributed by atoms with E-state index in [0.717, 1.165) is 0 Å². The van der Waals surface area contributed by atoms with Crippen LogP contribution in [0, 0.1) is 0 Å². The van der Waals surface area contributed by atoms with Crippen molar-refractivity contribution in [3.63, 3.8) is 0 Å². The lowest BCUT2D eigenvalue weighted by Gasteiger charge is -2.18. The Morgan fingerprint density at radius 2 is 2.23 bits per heavy atom. The first kappa shape index (κ1) is 8.23. The SMILES string of the molecule is O=C1c2cccc(O)c2CC[C@H]1F. The molecule has 2 nitrogen and oxygen atoms in total. The number of hydrogen-bond acceptors (Lipinski definition) is 2. The Labute approximate surface area is 75.0 Å². The van der Waals surface area contributed by atoms with E-state index in [1.165, 1.54) is 6.07 Å². The first-order chi connectivity index (χ1) is 6.20. The van der Waals surface area contributed by atoms with Crippen molar-refractivity contribution in [1.29, 1.82) is 0 Å². The van der Waals surface area contributed by atoms with Crippen LogP contribution in [0.1, 0.15) is 22.3 Å². The summed E-state index contributed by atoms with van der Waals surface area (Å²) in [5.41, 5.74) is 0.917. The molecule has 0 saturated heterocycles. The molecule has 0 aromatic heterocycles. The van der Waals surface area contributed by atoms with Crippen LogP contribution in [0.2, 0.25) is 0 Å². The number of phenols is 1. The Kier molecular flexibility index (Phi) is 1.79. The van der Waals surface area contributed by atoms with Crippen molar-refractivity contribution in [2.75, 3.05) is 0 Å². The van der Waals surface area contributed by atoms with Gasteiger partial charge in [-0.15, -0.1) is 0 Å². The van der Waals surface area contributed by atoms with E-state index in [-0.39, 0.29) is 12.2 Å². The maximum atomic E-state index is 13.0. The average Bonchev–Trinajstić information content (AvgIpc) is 2.12. The van der Waals surface area contributed by atoms with Crippen LogP contribution in [0.4, 0.5) is 4.39 Å². The maximum Gasteiger partial charge on any atom is 0.197 e. The van der Waals surface area contributed by atoms with E-state index in [1.807, 2.05) is 0 Å². The molecule has 0 heterocycles. The molecule has 0 fully saturated rings. The zero-order valence-corrected chi connectivity index (χ0v) is 6.96. The molecule has 3 heteroatoms. The van der Waals surface area contributed by atoms with Gasteiger partial charge in [-0.25, -0.2) is 4.39 Å². The monoisotopic (exact) mass is 180 g/mol. The topological polar surface area (TPSA) is 37.3 Å². The van der Waals surface area contributed by atoms with Crippen LogP contribution < -0.4 is 0 Å². The van der Waals surface area contributed by atoms with Crippen molar-refractivity contribution >= 4 is 5.78 Å². The van der Waals surface area contributed by atoms with Gasteiger partial charge in [-0.3, -0.25) is 4.79 Å². The lowest BCUT2D eigenvalue weighted by molar-refractivity contribution is 0.0855. The Balaban J connectivity index is 2.55. The predicted octanol–water partition coefficient (Wildman–Crippen LogP) is 1.86. The number of carbonyl (C=O) groups excluding carboxylic acids is 1. The van der Waals surface area contributed by atoms with E-state index in [9.17, 15) is 14.3 Å². The van der Waals surface area contributed by atoms with E-state index in [4.69, 9.17) is 0 Å². The minimum atomic E-state index is -1.39. The number of Topliss-reactive ketones (excluding diaryl/α,β-unsaturated/α-hetero) is 1. The number of halogens is 1. The molecule has 68 valence electrons. The number of aromatic hydroxyl groups is 1. The quantitative estimate of drug-likeness (QED) is 0.661. The van der Waals surface area contributed by atoms with Crippen molar-refractivity contribution in [2.24, 2.45) is 0 Å². The summed E-state index contributed by atoms with van der Waals surface area (Å²) >= 11 is 0. The highest BCUT2D eigenvalue weighted by Gasteiger charge is 2.28. The average molecular weight is 180 g/mol. The third-order valence-corrected chi connectivity index (χ3v) is 2.35. The fourth-order valence-electron chi connectivity index (χ4n) is 1.64. The van der Waals surface area contributed by atoms with Gasteiger partial charge in [0.2, 0.25) is 0 Å². The van der Waals surface area contributed by atoms with Gasteiger partial charge >= 0.3 is 0 Å². The molecular formula is C10H9FO2. The first-order valence-electron chi connectivity index (χ1n) is 4.19. The molecular weight excluding hydrogens is 171 g/mol. The lowest BCUT2D eigenvalue weighted by Crippen LogP contribution is -2.23. The van der Waals surface area contributed by atoms with Crippen molar-refractivity contribution in [1.82, 2.24) is 0 Å². The molecule has 0 amide bonds. The van der Waals surface area contributed by atoms with E-state index >= 15 is 0 Å². The molecule has 1 N–H and O–H groups in total. The molecule has 13 heavy (non-hydrogen) atoms. The van der Waals surface area contributed by atoms with Gasteiger partial charge in [0.25, 0.3) is 0 Å². The second kappa shape index (κ2) is 2.83. The number of rotatable bonds is 0. The van der Waals surface area contributed by atoms with Crippen LogP contribution in [-0.4, -0.2) is 17.1 Å². The molecule has 0 unspecified atom stereocenters. The van der Waals surface area contributed by atoms with Crippen LogP contribution in [-0.2, 0) is 6.42 Å². The smallest absolute Gasteiger partial charge is 0.197 e. The highest BCUT2D eigenvalue weighted by molar-refractivity contribution is 6.02. The molecule has 0 radical (unpaired) electrons. The molecule has 0 aliphatic heterocycles. The summed E-state index contributed by atoms with van der Waals surface area (Å²) in [6, 6.07) is 4.64. The summed E-state index contributed by atoms with van der Waals surface area (Å²) in [5.74, 6) is -0.407. The minimum Gasteiger partial charge on any atom is -0.508 e. The fourth-order valence-corrected chi connectivity index (χ4v) is 1.64. The molecule has 1 aliphatic rings. The van der Waals surface area contributed by atoms with Crippen LogP contribution in [0.25, 0.3) is 0 Å². The maximum absolute atomic E-state index is 13.0. The largest absolute Gasteiger partial charge is 0.508 e. The summed E-state index contributed by atoms with van der Waals surface area (Å²) in [6.45, 7) is 0. The standard InChI is InChI=1S/C10H9FO2/c11-8-5-4-6-7(10(8)13)2-1-3-9(6)12/h1-3,8,12H,4-5H2/t8-/m1/s1. The van der Waals surface area contributed by atoms with Crippen molar-refractivity contribution < 1.29 is 14.3 Å². The van der Waals surface area contributed by atoms with Gasteiger partial charge in [0, 0.05) is 11.1 Å². The molecule has 1 atom stereocenters. The molecule has 1 aromatic rings. The normalized spacial score (nSPS) is 21.3. The van der Waals surface area contributed by atoms with Crippen LogP contribution in [0.5, 0.6) is 5.75 Å². The third kappa shape index (κ3) is 1.20. The van der Waals surface area contributed by atoms with Gasteiger partial charge in [-0.1, -0.05) is 12.1 Å². The highest BCUT2D eigenvalue weighted by atomic mass is 19.1. The number of benzene rings is 1. The predicted molar refractivity (Wildman–Crippen MR) is 45.7 cm³/mol. The second-order valence-electron chi connectivity index (χ2n) is 3.17. The number of hydrogen-bond donors (Lipinski definition) is 1. The van der Waals surface area contributed by atoms with Gasteiger partial charge in [0.15, 0.2) is 12.0 Å². The van der Waals surface area contributed by atoms with Gasteiger partial charge in [0.1, 0.15) is 5.75 Å². The Bertz CT molecular complexity index is 360. The molecule has 0 saturated carbocycles. The molecule has 1 aromatic carbocycles. The highest BCUT2D eigenvalue weighted by Crippen LogP contribution is 2.29. The van der Waals surface area contributed by atoms with E-state index < -0.39 is 12.0 Å². The molecule has 0 spiro atoms. The summed E-state index contributed by atoms with van der Waals surface area (Å²) in [4.78, 5) is 11.3. The number of carbonyl (C=O) groups is 1. The molecule has 0 bridgehead atoms. The summed E-state index contributed by atoms with van der Waals surface area (Å²) in [5, 5.41) is 9.39. The fraction of sp³-hybridized carbons (Fsp3) is 0.300. The van der Waals surface area contributed by atoms with Crippen molar-refractivity contribution in [2.45, 2.75) is 19.0 Å². The zero-order chi connectivity index (χ0) is 9.42. The second-order valence-corrected chi connectivity index (χ2v) is 3.17. The van der Waals surface area contributed by atoms with E-state index in [1.54, 1.807) is 12.1 Å². The summed E-state index contributed by atoms with van der Waals surface area (Å²) in [6.07, 6.45) is -0.771. The first-order valence-corrected chi connectivity index (χ1v) is 4.19. The van der Waals surface area contributed by atoms with Crippen LogP contribution >= 0.6 is 0 Å². The van der Waals surface area contributed by atoms with Crippen LogP contribution in [0.3, 0.4) is 0 Å². The van der Waals surface area contributed by atoms with Gasteiger partial charge in [0.05, 0.1) is 0 Å². The third-order valence-electron chi connectivity index (χ3n) is 2.35. The molecule has 1 aliphatic carbocycles. The van der Waals surface area contributed by atoms with Gasteiger partial charge in [-0.05, 0) is 18.9 Å².